The lowest BCUT2D eigenvalue weighted by molar-refractivity contribution is -0.137. The molecule has 110 valence electrons. The van der Waals surface area contributed by atoms with E-state index in [4.69, 9.17) is 0 Å². The van der Waals surface area contributed by atoms with Gasteiger partial charge in [-0.3, -0.25) is 9.78 Å². The minimum Gasteiger partial charge on any atom is -0.329 e. The first kappa shape index (κ1) is 14.8. The van der Waals surface area contributed by atoms with Crippen molar-refractivity contribution in [2.24, 2.45) is 0 Å². The van der Waals surface area contributed by atoms with Gasteiger partial charge >= 0.3 is 6.18 Å². The van der Waals surface area contributed by atoms with Crippen molar-refractivity contribution in [2.75, 3.05) is 13.1 Å². The Kier molecular flexibility index (Phi) is 3.99. The van der Waals surface area contributed by atoms with Crippen molar-refractivity contribution >= 4 is 5.91 Å². The van der Waals surface area contributed by atoms with Gasteiger partial charge in [0.2, 0.25) is 0 Å². The molecule has 4 nitrogen and oxygen atoms in total. The number of halogens is 3. The molecule has 1 aromatic rings. The van der Waals surface area contributed by atoms with E-state index in [0.717, 1.165) is 12.1 Å². The summed E-state index contributed by atoms with van der Waals surface area (Å²) >= 11 is 0. The molecule has 0 bridgehead atoms. The number of piperazine rings is 1. The molecule has 0 aromatic carbocycles. The minimum atomic E-state index is -4.44. The fourth-order valence-corrected chi connectivity index (χ4v) is 2.35. The van der Waals surface area contributed by atoms with Gasteiger partial charge in [0, 0.05) is 31.4 Å². The van der Waals surface area contributed by atoms with E-state index in [1.165, 1.54) is 0 Å². The molecule has 1 aliphatic heterocycles. The highest BCUT2D eigenvalue weighted by Gasteiger charge is 2.33. The van der Waals surface area contributed by atoms with Crippen molar-refractivity contribution in [1.29, 1.82) is 0 Å². The Bertz CT molecular complexity index is 477. The molecule has 1 aliphatic rings. The van der Waals surface area contributed by atoms with Gasteiger partial charge in [0.05, 0.1) is 5.56 Å². The second-order valence-electron chi connectivity index (χ2n) is 5.00. The van der Waals surface area contributed by atoms with E-state index < -0.39 is 11.7 Å². The number of pyridine rings is 1. The molecule has 0 radical (unpaired) electrons. The van der Waals surface area contributed by atoms with Crippen LogP contribution in [-0.4, -0.2) is 41.0 Å². The van der Waals surface area contributed by atoms with Gasteiger partial charge in [-0.1, -0.05) is 0 Å². The molecule has 7 heteroatoms. The SMILES string of the molecule is CC1CNCC(C)N1C(=O)c1ccc(C(F)(F)F)cn1. The molecule has 2 atom stereocenters. The Balaban J connectivity index is 2.20. The van der Waals surface area contributed by atoms with Gasteiger partial charge in [-0.15, -0.1) is 0 Å². The standard InChI is InChI=1S/C13H16F3N3O/c1-8-5-17-6-9(2)19(8)12(20)11-4-3-10(7-18-11)13(14,15)16/h3-4,7-9,17H,5-6H2,1-2H3. The van der Waals surface area contributed by atoms with Crippen LogP contribution in [0.25, 0.3) is 0 Å². The smallest absolute Gasteiger partial charge is 0.329 e. The zero-order valence-corrected chi connectivity index (χ0v) is 11.2. The molecule has 1 N–H and O–H groups in total. The first-order chi connectivity index (χ1) is 9.30. The van der Waals surface area contributed by atoms with E-state index in [9.17, 15) is 18.0 Å². The van der Waals surface area contributed by atoms with E-state index in [2.05, 4.69) is 10.3 Å². The van der Waals surface area contributed by atoms with E-state index in [-0.39, 0.29) is 23.7 Å². The van der Waals surface area contributed by atoms with Crippen LogP contribution < -0.4 is 5.32 Å². The molecule has 1 amide bonds. The van der Waals surface area contributed by atoms with E-state index in [1.807, 2.05) is 13.8 Å². The second kappa shape index (κ2) is 5.40. The number of carbonyl (C=O) groups is 1. The predicted molar refractivity (Wildman–Crippen MR) is 67.2 cm³/mol. The monoisotopic (exact) mass is 287 g/mol. The fourth-order valence-electron chi connectivity index (χ4n) is 2.35. The van der Waals surface area contributed by atoms with Crippen LogP contribution in [0.4, 0.5) is 13.2 Å². The Hall–Kier alpha value is -1.63. The number of carbonyl (C=O) groups excluding carboxylic acids is 1. The molecule has 1 aromatic heterocycles. The maximum atomic E-state index is 12.5. The average molecular weight is 287 g/mol. The van der Waals surface area contributed by atoms with Crippen molar-refractivity contribution in [1.82, 2.24) is 15.2 Å². The summed E-state index contributed by atoms with van der Waals surface area (Å²) in [5.74, 6) is -0.333. The number of amides is 1. The van der Waals surface area contributed by atoms with Crippen LogP contribution in [-0.2, 0) is 6.18 Å². The highest BCUT2D eigenvalue weighted by molar-refractivity contribution is 5.92. The van der Waals surface area contributed by atoms with Crippen molar-refractivity contribution in [3.63, 3.8) is 0 Å². The molecule has 1 saturated heterocycles. The third-order valence-corrected chi connectivity index (χ3v) is 3.37. The molecule has 0 saturated carbocycles. The Morgan fingerprint density at radius 1 is 1.30 bits per heavy atom. The maximum Gasteiger partial charge on any atom is 0.417 e. The number of alkyl halides is 3. The molecule has 0 spiro atoms. The topological polar surface area (TPSA) is 45.2 Å². The van der Waals surface area contributed by atoms with Gasteiger partial charge in [0.1, 0.15) is 5.69 Å². The van der Waals surface area contributed by atoms with Gasteiger partial charge in [0.15, 0.2) is 0 Å². The second-order valence-corrected chi connectivity index (χ2v) is 5.00. The first-order valence-electron chi connectivity index (χ1n) is 6.37. The number of rotatable bonds is 1. The number of nitrogens with one attached hydrogen (secondary N) is 1. The van der Waals surface area contributed by atoms with E-state index in [0.29, 0.717) is 19.3 Å². The average Bonchev–Trinajstić information content (AvgIpc) is 2.37. The molecule has 2 rings (SSSR count). The van der Waals surface area contributed by atoms with Crippen LogP contribution in [0.3, 0.4) is 0 Å². The minimum absolute atomic E-state index is 0.0182. The molecular formula is C13H16F3N3O. The molecule has 1 fully saturated rings. The molecule has 20 heavy (non-hydrogen) atoms. The molecule has 2 heterocycles. The highest BCUT2D eigenvalue weighted by Crippen LogP contribution is 2.28. The van der Waals surface area contributed by atoms with Crippen LogP contribution in [0.1, 0.15) is 29.9 Å². The van der Waals surface area contributed by atoms with Gasteiger partial charge in [0.25, 0.3) is 5.91 Å². The van der Waals surface area contributed by atoms with Crippen LogP contribution in [0.5, 0.6) is 0 Å². The molecule has 2 unspecified atom stereocenters. The predicted octanol–water partition coefficient (Wildman–Crippen LogP) is 1.92. The quantitative estimate of drug-likeness (QED) is 0.858. The summed E-state index contributed by atoms with van der Waals surface area (Å²) < 4.78 is 37.4. The Morgan fingerprint density at radius 2 is 1.90 bits per heavy atom. The molecular weight excluding hydrogens is 271 g/mol. The summed E-state index contributed by atoms with van der Waals surface area (Å²) in [6, 6.07) is 1.98. The summed E-state index contributed by atoms with van der Waals surface area (Å²) in [6.45, 7) is 5.11. The Labute approximate surface area is 115 Å². The van der Waals surface area contributed by atoms with E-state index >= 15 is 0 Å². The fraction of sp³-hybridized carbons (Fsp3) is 0.538. The first-order valence-corrected chi connectivity index (χ1v) is 6.37. The number of nitrogens with zero attached hydrogens (tertiary/aromatic N) is 2. The largest absolute Gasteiger partial charge is 0.417 e. The zero-order valence-electron chi connectivity index (χ0n) is 11.2. The van der Waals surface area contributed by atoms with Gasteiger partial charge in [-0.25, -0.2) is 0 Å². The highest BCUT2D eigenvalue weighted by atomic mass is 19.4. The number of aromatic nitrogens is 1. The van der Waals surface area contributed by atoms with Crippen molar-refractivity contribution in [3.8, 4) is 0 Å². The van der Waals surface area contributed by atoms with Gasteiger partial charge < -0.3 is 10.2 Å². The van der Waals surface area contributed by atoms with Crippen molar-refractivity contribution < 1.29 is 18.0 Å². The maximum absolute atomic E-state index is 12.5. The van der Waals surface area contributed by atoms with Crippen LogP contribution in [0, 0.1) is 0 Å². The Morgan fingerprint density at radius 3 is 2.35 bits per heavy atom. The van der Waals surface area contributed by atoms with Gasteiger partial charge in [-0.05, 0) is 26.0 Å². The molecule has 0 aliphatic carbocycles. The lowest BCUT2D eigenvalue weighted by Gasteiger charge is -2.39. The third kappa shape index (κ3) is 2.92. The van der Waals surface area contributed by atoms with Crippen LogP contribution >= 0.6 is 0 Å². The summed E-state index contributed by atoms with van der Waals surface area (Å²) in [5, 5.41) is 3.19. The van der Waals surface area contributed by atoms with E-state index in [1.54, 1.807) is 4.90 Å². The number of hydrogen-bond acceptors (Lipinski definition) is 3. The van der Waals surface area contributed by atoms with Crippen molar-refractivity contribution in [3.05, 3.63) is 29.6 Å². The summed E-state index contributed by atoms with van der Waals surface area (Å²) in [7, 11) is 0. The summed E-state index contributed by atoms with van der Waals surface area (Å²) in [5.41, 5.74) is -0.811. The normalized spacial score (nSPS) is 23.8. The van der Waals surface area contributed by atoms with Crippen LogP contribution in [0.15, 0.2) is 18.3 Å². The van der Waals surface area contributed by atoms with Crippen molar-refractivity contribution in [2.45, 2.75) is 32.1 Å². The van der Waals surface area contributed by atoms with Crippen LogP contribution in [0.2, 0.25) is 0 Å². The zero-order chi connectivity index (χ0) is 14.9. The summed E-state index contributed by atoms with van der Waals surface area (Å²) in [4.78, 5) is 17.7. The number of hydrogen-bond donors (Lipinski definition) is 1. The lowest BCUT2D eigenvalue weighted by Crippen LogP contribution is -2.57. The lowest BCUT2D eigenvalue weighted by atomic mass is 10.1. The summed E-state index contributed by atoms with van der Waals surface area (Å²) in [6.07, 6.45) is -3.74. The third-order valence-electron chi connectivity index (χ3n) is 3.37. The van der Waals surface area contributed by atoms with Gasteiger partial charge in [-0.2, -0.15) is 13.2 Å².